The molecule has 8 heteroatoms. The first-order chi connectivity index (χ1) is 18.9. The van der Waals surface area contributed by atoms with Crippen molar-refractivity contribution in [3.05, 3.63) is 83.3 Å². The van der Waals surface area contributed by atoms with Crippen molar-refractivity contribution in [2.24, 2.45) is 22.2 Å². The molecule has 8 N–H and O–H groups in total. The van der Waals surface area contributed by atoms with Gasteiger partial charge in [-0.15, -0.1) is 0 Å². The van der Waals surface area contributed by atoms with E-state index in [0.29, 0.717) is 17.8 Å². The number of nitrogens with two attached hydrogens (primary N) is 3. The molecule has 8 nitrogen and oxygen atoms in total. The van der Waals surface area contributed by atoms with Crippen LogP contribution in [0.4, 0.5) is 5.82 Å². The maximum absolute atomic E-state index is 11.7. The highest BCUT2D eigenvalue weighted by Crippen LogP contribution is 2.34. The number of hydrogen-bond acceptors (Lipinski definition) is 3. The van der Waals surface area contributed by atoms with Gasteiger partial charge in [-0.05, 0) is 66.0 Å². The van der Waals surface area contributed by atoms with E-state index in [0.717, 1.165) is 44.9 Å². The van der Waals surface area contributed by atoms with Crippen molar-refractivity contribution in [1.29, 1.82) is 0 Å². The van der Waals surface area contributed by atoms with E-state index in [1.54, 1.807) is 6.20 Å². The summed E-state index contributed by atoms with van der Waals surface area (Å²) >= 11 is 0. The van der Waals surface area contributed by atoms with Crippen LogP contribution in [-0.4, -0.2) is 40.6 Å². The van der Waals surface area contributed by atoms with Crippen molar-refractivity contribution in [3.8, 4) is 0 Å². The summed E-state index contributed by atoms with van der Waals surface area (Å²) < 4.78 is 0. The SMILES string of the molecule is CCCC[C@H](N)CCC[C@H](CC[C@@H]([N-]c1ccc[nH]1)/C(=C/C(=O)O)CN=C(N)N)c1ccc2ccccc2c1. The molecule has 0 aliphatic rings. The summed E-state index contributed by atoms with van der Waals surface area (Å²) in [5.41, 5.74) is 19.4. The van der Waals surface area contributed by atoms with E-state index in [1.165, 1.54) is 22.4 Å². The Balaban J connectivity index is 1.83. The Morgan fingerprint density at radius 2 is 1.77 bits per heavy atom. The third-order valence-corrected chi connectivity index (χ3v) is 7.15. The van der Waals surface area contributed by atoms with Crippen molar-refractivity contribution < 1.29 is 9.90 Å². The van der Waals surface area contributed by atoms with E-state index in [-0.39, 0.29) is 24.5 Å². The van der Waals surface area contributed by atoms with Crippen LogP contribution in [0.3, 0.4) is 0 Å². The zero-order chi connectivity index (χ0) is 28.0. The van der Waals surface area contributed by atoms with Crippen LogP contribution >= 0.6 is 0 Å². The summed E-state index contributed by atoms with van der Waals surface area (Å²) in [5, 5.41) is 16.8. The molecular weight excluding hydrogens is 488 g/mol. The molecule has 0 saturated carbocycles. The molecule has 2 aromatic carbocycles. The number of carboxylic acid groups (broad SMARTS) is 1. The summed E-state index contributed by atoms with van der Waals surface area (Å²) in [7, 11) is 0. The van der Waals surface area contributed by atoms with E-state index in [2.05, 4.69) is 59.4 Å². The number of aromatic nitrogens is 1. The highest BCUT2D eigenvalue weighted by atomic mass is 16.4. The number of aliphatic imine (C=N–C) groups is 1. The predicted octanol–water partition coefficient (Wildman–Crippen LogP) is 6.08. The number of benzene rings is 2. The Kier molecular flexibility index (Phi) is 11.9. The number of aliphatic carboxylic acids is 1. The van der Waals surface area contributed by atoms with Gasteiger partial charge in [-0.1, -0.05) is 92.8 Å². The minimum absolute atomic E-state index is 0.0798. The quantitative estimate of drug-likeness (QED) is 0.0810. The summed E-state index contributed by atoms with van der Waals surface area (Å²) in [4.78, 5) is 18.9. The number of aromatic amines is 1. The fraction of sp³-hybridized carbons (Fsp3) is 0.419. The van der Waals surface area contributed by atoms with Gasteiger partial charge in [0.15, 0.2) is 5.96 Å². The summed E-state index contributed by atoms with van der Waals surface area (Å²) in [6.07, 6.45) is 10.9. The number of H-pyrrole nitrogens is 1. The third kappa shape index (κ3) is 10.1. The first-order valence-electron chi connectivity index (χ1n) is 13.9. The molecule has 0 unspecified atom stereocenters. The fourth-order valence-electron chi connectivity index (χ4n) is 5.03. The molecular formula is C31H43N6O2-. The number of fused-ring (bicyclic) bond motifs is 1. The average molecular weight is 532 g/mol. The largest absolute Gasteiger partial charge is 0.478 e. The molecule has 0 bridgehead atoms. The highest BCUT2D eigenvalue weighted by molar-refractivity contribution is 5.83. The van der Waals surface area contributed by atoms with Gasteiger partial charge in [-0.3, -0.25) is 0 Å². The summed E-state index contributed by atoms with van der Waals surface area (Å²) in [6.45, 7) is 2.27. The Hall–Kier alpha value is -3.78. The van der Waals surface area contributed by atoms with Crippen molar-refractivity contribution in [2.75, 3.05) is 6.54 Å². The molecule has 3 aromatic rings. The molecule has 3 rings (SSSR count). The number of carboxylic acids is 1. The van der Waals surface area contributed by atoms with Crippen LogP contribution in [0.15, 0.2) is 77.4 Å². The lowest BCUT2D eigenvalue weighted by atomic mass is 9.85. The summed E-state index contributed by atoms with van der Waals surface area (Å²) in [5.74, 6) is -0.165. The van der Waals surface area contributed by atoms with Gasteiger partial charge in [-0.25, -0.2) is 9.79 Å². The van der Waals surface area contributed by atoms with Crippen molar-refractivity contribution in [3.63, 3.8) is 0 Å². The second-order valence-electron chi connectivity index (χ2n) is 10.2. The van der Waals surface area contributed by atoms with Crippen molar-refractivity contribution in [2.45, 2.75) is 76.3 Å². The molecule has 0 amide bonds. The molecule has 39 heavy (non-hydrogen) atoms. The zero-order valence-electron chi connectivity index (χ0n) is 22.9. The van der Waals surface area contributed by atoms with Crippen LogP contribution in [0.5, 0.6) is 0 Å². The zero-order valence-corrected chi connectivity index (χ0v) is 22.9. The van der Waals surface area contributed by atoms with Crippen LogP contribution in [0.1, 0.15) is 69.8 Å². The van der Waals surface area contributed by atoms with Gasteiger partial charge in [0.25, 0.3) is 0 Å². The standard InChI is InChI=1S/C31H43N6O2/c1-2-3-11-27(32)12-6-10-23(25-15-14-22-8-4-5-9-24(22)19-25)16-17-28(37-29-13-7-18-35-29)26(20-30(38)39)21-36-31(33)34/h4-5,7-9,13-15,18-20,23,27-28,35H,2-3,6,10-12,16-17,21,32H2,1H3,(H,38,39)(H4,33,34,36)/q-1/b26-20+/t23-,27+,28-/m1/s1. The summed E-state index contributed by atoms with van der Waals surface area (Å²) in [6, 6.07) is 18.6. The number of nitrogens with zero attached hydrogens (tertiary/aromatic N) is 2. The number of guanidine groups is 1. The monoisotopic (exact) mass is 531 g/mol. The molecule has 210 valence electrons. The van der Waals surface area contributed by atoms with Crippen LogP contribution in [-0.2, 0) is 4.79 Å². The molecule has 0 saturated heterocycles. The van der Waals surface area contributed by atoms with Crippen LogP contribution < -0.4 is 17.2 Å². The molecule has 0 aliphatic carbocycles. The molecule has 1 heterocycles. The highest BCUT2D eigenvalue weighted by Gasteiger charge is 2.18. The Morgan fingerprint density at radius 3 is 2.46 bits per heavy atom. The van der Waals surface area contributed by atoms with Gasteiger partial charge < -0.3 is 32.6 Å². The lowest BCUT2D eigenvalue weighted by molar-refractivity contribution is -0.131. The minimum atomic E-state index is -1.05. The lowest BCUT2D eigenvalue weighted by Gasteiger charge is -2.29. The molecule has 1 aromatic heterocycles. The van der Waals surface area contributed by atoms with E-state index < -0.39 is 12.0 Å². The molecule has 0 aliphatic heterocycles. The Bertz CT molecular complexity index is 1220. The van der Waals surface area contributed by atoms with E-state index in [9.17, 15) is 9.90 Å². The second kappa shape index (κ2) is 15.6. The maximum atomic E-state index is 11.7. The average Bonchev–Trinajstić information content (AvgIpc) is 3.43. The Morgan fingerprint density at radius 1 is 1.00 bits per heavy atom. The van der Waals surface area contributed by atoms with Gasteiger partial charge in [-0.2, -0.15) is 0 Å². The topological polar surface area (TPSA) is 158 Å². The van der Waals surface area contributed by atoms with E-state index >= 15 is 0 Å². The fourth-order valence-corrected chi connectivity index (χ4v) is 5.03. The molecule has 0 fully saturated rings. The molecule has 0 spiro atoms. The van der Waals surface area contributed by atoms with Crippen LogP contribution in [0.2, 0.25) is 0 Å². The minimum Gasteiger partial charge on any atom is -0.478 e. The predicted molar refractivity (Wildman–Crippen MR) is 161 cm³/mol. The number of rotatable bonds is 17. The number of unbranched alkanes of at least 4 members (excludes halogenated alkanes) is 1. The van der Waals surface area contributed by atoms with Gasteiger partial charge >= 0.3 is 5.97 Å². The smallest absolute Gasteiger partial charge is 0.328 e. The van der Waals surface area contributed by atoms with E-state index in [4.69, 9.17) is 22.5 Å². The third-order valence-electron chi connectivity index (χ3n) is 7.15. The molecule has 3 atom stereocenters. The van der Waals surface area contributed by atoms with Gasteiger partial charge in [0.1, 0.15) is 0 Å². The maximum Gasteiger partial charge on any atom is 0.328 e. The first kappa shape index (κ1) is 29.8. The number of hydrogen-bond donors (Lipinski definition) is 5. The van der Waals surface area contributed by atoms with Crippen molar-refractivity contribution in [1.82, 2.24) is 4.98 Å². The number of nitrogens with one attached hydrogen (secondary N) is 1. The second-order valence-corrected chi connectivity index (χ2v) is 10.2. The van der Waals surface area contributed by atoms with Crippen LogP contribution in [0, 0.1) is 0 Å². The van der Waals surface area contributed by atoms with E-state index in [1.807, 2.05) is 12.1 Å². The normalized spacial score (nSPS) is 14.1. The van der Waals surface area contributed by atoms with Crippen molar-refractivity contribution >= 4 is 28.5 Å². The van der Waals surface area contributed by atoms with Crippen LogP contribution in [0.25, 0.3) is 16.1 Å². The first-order valence-corrected chi connectivity index (χ1v) is 13.9. The Labute approximate surface area is 231 Å². The lowest BCUT2D eigenvalue weighted by Crippen LogP contribution is -2.24. The van der Waals surface area contributed by atoms with Gasteiger partial charge in [0.05, 0.1) is 6.54 Å². The molecule has 0 radical (unpaired) electrons. The van der Waals surface area contributed by atoms with Gasteiger partial charge in [0, 0.05) is 12.1 Å². The van der Waals surface area contributed by atoms with Gasteiger partial charge in [0.2, 0.25) is 0 Å². The number of carbonyl (C=O) groups is 1.